The molecule has 2 N–H and O–H groups in total. The number of amides is 1. The van der Waals surface area contributed by atoms with Gasteiger partial charge in [-0.2, -0.15) is 0 Å². The molecular formula is C17H26N2O. The van der Waals surface area contributed by atoms with Crippen LogP contribution in [0, 0.1) is 0 Å². The molecule has 1 aromatic rings. The first-order valence-corrected chi connectivity index (χ1v) is 7.69. The quantitative estimate of drug-likeness (QED) is 0.866. The molecule has 0 saturated carbocycles. The van der Waals surface area contributed by atoms with Gasteiger partial charge in [-0.25, -0.2) is 0 Å². The molecule has 1 fully saturated rings. The van der Waals surface area contributed by atoms with E-state index in [1.54, 1.807) is 0 Å². The van der Waals surface area contributed by atoms with Crippen LogP contribution in [0.2, 0.25) is 0 Å². The molecule has 2 atom stereocenters. The normalized spacial score (nSPS) is 20.1. The van der Waals surface area contributed by atoms with Gasteiger partial charge >= 0.3 is 0 Å². The largest absolute Gasteiger partial charge is 0.350 e. The first-order valence-electron chi connectivity index (χ1n) is 7.69. The van der Waals surface area contributed by atoms with Crippen molar-refractivity contribution in [2.45, 2.75) is 58.0 Å². The van der Waals surface area contributed by atoms with E-state index >= 15 is 0 Å². The Morgan fingerprint density at radius 1 is 1.25 bits per heavy atom. The molecule has 1 aliphatic rings. The van der Waals surface area contributed by atoms with Gasteiger partial charge in [-0.3, -0.25) is 4.79 Å². The number of hydrogen-bond acceptors (Lipinski definition) is 2. The lowest BCUT2D eigenvalue weighted by Gasteiger charge is -2.17. The van der Waals surface area contributed by atoms with Gasteiger partial charge in [0.25, 0.3) is 0 Å². The molecule has 0 aromatic heterocycles. The lowest BCUT2D eigenvalue weighted by atomic mass is 9.99. The summed E-state index contributed by atoms with van der Waals surface area (Å²) in [7, 11) is 0. The molecule has 0 aliphatic carbocycles. The van der Waals surface area contributed by atoms with Crippen molar-refractivity contribution in [3.63, 3.8) is 0 Å². The summed E-state index contributed by atoms with van der Waals surface area (Å²) in [5.41, 5.74) is 2.50. The summed E-state index contributed by atoms with van der Waals surface area (Å²) in [6.45, 7) is 7.47. The van der Waals surface area contributed by atoms with Crippen LogP contribution in [-0.2, 0) is 4.79 Å². The maximum absolute atomic E-state index is 12.0. The molecule has 2 unspecified atom stereocenters. The van der Waals surface area contributed by atoms with Gasteiger partial charge in [0.1, 0.15) is 0 Å². The van der Waals surface area contributed by atoms with Gasteiger partial charge < -0.3 is 10.6 Å². The van der Waals surface area contributed by atoms with E-state index in [0.717, 1.165) is 13.0 Å². The molecule has 110 valence electrons. The van der Waals surface area contributed by atoms with E-state index in [1.165, 1.54) is 17.5 Å². The van der Waals surface area contributed by atoms with Crippen LogP contribution in [0.1, 0.15) is 63.1 Å². The number of benzene rings is 1. The Labute approximate surface area is 122 Å². The van der Waals surface area contributed by atoms with Crippen LogP contribution in [0.15, 0.2) is 24.3 Å². The minimum absolute atomic E-state index is 0.0742. The molecule has 1 heterocycles. The smallest absolute Gasteiger partial charge is 0.222 e. The zero-order valence-electron chi connectivity index (χ0n) is 12.8. The standard InChI is InChI=1S/C17H26N2O/c1-12(2)14-6-8-15(9-7-14)13(3)19-17(20)11-16-5-4-10-18-16/h6-9,12-13,16,18H,4-5,10-11H2,1-3H3,(H,19,20). The Hall–Kier alpha value is -1.35. The lowest BCUT2D eigenvalue weighted by Crippen LogP contribution is -2.33. The average molecular weight is 274 g/mol. The van der Waals surface area contributed by atoms with Gasteiger partial charge in [-0.15, -0.1) is 0 Å². The van der Waals surface area contributed by atoms with Crippen molar-refractivity contribution < 1.29 is 4.79 Å². The van der Waals surface area contributed by atoms with Gasteiger partial charge in [0, 0.05) is 12.5 Å². The third-order valence-electron chi connectivity index (χ3n) is 4.07. The fourth-order valence-electron chi connectivity index (χ4n) is 2.71. The summed E-state index contributed by atoms with van der Waals surface area (Å²) in [6, 6.07) is 8.99. The fraction of sp³-hybridized carbons (Fsp3) is 0.588. The van der Waals surface area contributed by atoms with E-state index < -0.39 is 0 Å². The molecule has 2 rings (SSSR count). The molecule has 1 aromatic carbocycles. The predicted octanol–water partition coefficient (Wildman–Crippen LogP) is 3.13. The number of rotatable bonds is 5. The van der Waals surface area contributed by atoms with E-state index in [2.05, 4.69) is 48.7 Å². The second-order valence-electron chi connectivity index (χ2n) is 6.11. The van der Waals surface area contributed by atoms with Gasteiger partial charge in [-0.05, 0) is 43.4 Å². The highest BCUT2D eigenvalue weighted by atomic mass is 16.1. The van der Waals surface area contributed by atoms with Crippen molar-refractivity contribution in [1.82, 2.24) is 10.6 Å². The maximum Gasteiger partial charge on any atom is 0.222 e. The Kier molecular flexibility index (Phi) is 5.18. The van der Waals surface area contributed by atoms with Crippen molar-refractivity contribution in [3.8, 4) is 0 Å². The molecule has 3 heteroatoms. The minimum Gasteiger partial charge on any atom is -0.350 e. The second kappa shape index (κ2) is 6.89. The number of carbonyl (C=O) groups excluding carboxylic acids is 1. The summed E-state index contributed by atoms with van der Waals surface area (Å²) >= 11 is 0. The van der Waals surface area contributed by atoms with Gasteiger partial charge in [0.05, 0.1) is 6.04 Å². The number of hydrogen-bond donors (Lipinski definition) is 2. The zero-order chi connectivity index (χ0) is 14.5. The minimum atomic E-state index is 0.0742. The zero-order valence-corrected chi connectivity index (χ0v) is 12.8. The predicted molar refractivity (Wildman–Crippen MR) is 82.7 cm³/mol. The van der Waals surface area contributed by atoms with Gasteiger partial charge in [0.2, 0.25) is 5.91 Å². The topological polar surface area (TPSA) is 41.1 Å². The summed E-state index contributed by atoms with van der Waals surface area (Å²) in [5, 5.41) is 6.45. The molecule has 0 spiro atoms. The second-order valence-corrected chi connectivity index (χ2v) is 6.11. The molecule has 0 radical (unpaired) electrons. The first-order chi connectivity index (χ1) is 9.56. The van der Waals surface area contributed by atoms with Crippen LogP contribution in [-0.4, -0.2) is 18.5 Å². The molecule has 1 saturated heterocycles. The Balaban J connectivity index is 1.86. The molecule has 3 nitrogen and oxygen atoms in total. The van der Waals surface area contributed by atoms with Crippen LogP contribution in [0.5, 0.6) is 0 Å². The highest BCUT2D eigenvalue weighted by molar-refractivity contribution is 5.77. The summed E-state index contributed by atoms with van der Waals surface area (Å²) in [5.74, 6) is 0.687. The molecule has 20 heavy (non-hydrogen) atoms. The Bertz CT molecular complexity index is 433. The van der Waals surface area contributed by atoms with E-state index in [4.69, 9.17) is 0 Å². The summed E-state index contributed by atoms with van der Waals surface area (Å²) in [6.07, 6.45) is 2.89. The summed E-state index contributed by atoms with van der Waals surface area (Å²) in [4.78, 5) is 12.0. The number of nitrogens with one attached hydrogen (secondary N) is 2. The Morgan fingerprint density at radius 3 is 2.45 bits per heavy atom. The van der Waals surface area contributed by atoms with Crippen molar-refractivity contribution >= 4 is 5.91 Å². The monoisotopic (exact) mass is 274 g/mol. The number of carbonyl (C=O) groups is 1. The van der Waals surface area contributed by atoms with Crippen molar-refractivity contribution in [2.24, 2.45) is 0 Å². The SMILES string of the molecule is CC(C)c1ccc(C(C)NC(=O)CC2CCCN2)cc1. The third-order valence-corrected chi connectivity index (χ3v) is 4.07. The van der Waals surface area contributed by atoms with E-state index in [0.29, 0.717) is 18.4 Å². The van der Waals surface area contributed by atoms with Crippen LogP contribution in [0.4, 0.5) is 0 Å². The highest BCUT2D eigenvalue weighted by Gasteiger charge is 2.18. The average Bonchev–Trinajstić information content (AvgIpc) is 2.91. The highest BCUT2D eigenvalue weighted by Crippen LogP contribution is 2.19. The van der Waals surface area contributed by atoms with Crippen LogP contribution >= 0.6 is 0 Å². The Morgan fingerprint density at radius 2 is 1.90 bits per heavy atom. The van der Waals surface area contributed by atoms with Crippen molar-refractivity contribution in [3.05, 3.63) is 35.4 Å². The van der Waals surface area contributed by atoms with E-state index in [1.807, 2.05) is 6.92 Å². The van der Waals surface area contributed by atoms with E-state index in [9.17, 15) is 4.79 Å². The fourth-order valence-corrected chi connectivity index (χ4v) is 2.71. The molecule has 0 bridgehead atoms. The third kappa shape index (κ3) is 4.07. The lowest BCUT2D eigenvalue weighted by molar-refractivity contribution is -0.122. The van der Waals surface area contributed by atoms with Crippen LogP contribution in [0.3, 0.4) is 0 Å². The van der Waals surface area contributed by atoms with Crippen LogP contribution in [0.25, 0.3) is 0 Å². The summed E-state index contributed by atoms with van der Waals surface area (Å²) < 4.78 is 0. The maximum atomic E-state index is 12.0. The van der Waals surface area contributed by atoms with Crippen molar-refractivity contribution in [2.75, 3.05) is 6.54 Å². The molecule has 1 aliphatic heterocycles. The van der Waals surface area contributed by atoms with Gasteiger partial charge in [0.15, 0.2) is 0 Å². The molecule has 1 amide bonds. The van der Waals surface area contributed by atoms with Crippen LogP contribution < -0.4 is 10.6 Å². The molecular weight excluding hydrogens is 248 g/mol. The first kappa shape index (κ1) is 15.0. The van der Waals surface area contributed by atoms with Gasteiger partial charge in [-0.1, -0.05) is 38.1 Å². The van der Waals surface area contributed by atoms with E-state index in [-0.39, 0.29) is 11.9 Å². The van der Waals surface area contributed by atoms with Crippen molar-refractivity contribution in [1.29, 1.82) is 0 Å².